The molecule has 0 radical (unpaired) electrons. The minimum Gasteiger partial charge on any atom is -0.325 e. The second-order valence-electron chi connectivity index (χ2n) is 4.07. The number of carbonyl (C=O) groups is 1. The maximum Gasteiger partial charge on any atom is 0.320 e. The SMILES string of the molecule is CCN(CC)C(=O)N(C)[C@@H]1CCCNC1.Cl. The molecular weight excluding hydrogens is 226 g/mol. The summed E-state index contributed by atoms with van der Waals surface area (Å²) in [5.41, 5.74) is 0. The van der Waals surface area contributed by atoms with Crippen molar-refractivity contribution in [2.24, 2.45) is 0 Å². The molecule has 0 saturated carbocycles. The van der Waals surface area contributed by atoms with Gasteiger partial charge in [0.05, 0.1) is 0 Å². The molecule has 0 unspecified atom stereocenters. The Morgan fingerprint density at radius 1 is 1.38 bits per heavy atom. The maximum absolute atomic E-state index is 12.0. The van der Waals surface area contributed by atoms with Crippen molar-refractivity contribution in [1.29, 1.82) is 0 Å². The van der Waals surface area contributed by atoms with Crippen molar-refractivity contribution in [3.63, 3.8) is 0 Å². The molecule has 1 heterocycles. The first-order valence-electron chi connectivity index (χ1n) is 5.93. The summed E-state index contributed by atoms with van der Waals surface area (Å²) in [5, 5.41) is 3.33. The van der Waals surface area contributed by atoms with Gasteiger partial charge in [0, 0.05) is 32.7 Å². The van der Waals surface area contributed by atoms with E-state index in [1.165, 1.54) is 6.42 Å². The summed E-state index contributed by atoms with van der Waals surface area (Å²) in [5.74, 6) is 0. The molecule has 1 atom stereocenters. The molecule has 2 amide bonds. The first-order chi connectivity index (χ1) is 7.20. The molecule has 1 aliphatic rings. The molecule has 0 aromatic heterocycles. The maximum atomic E-state index is 12.0. The first kappa shape index (κ1) is 15.5. The zero-order chi connectivity index (χ0) is 11.3. The average molecular weight is 250 g/mol. The highest BCUT2D eigenvalue weighted by atomic mass is 35.5. The lowest BCUT2D eigenvalue weighted by molar-refractivity contribution is 0.142. The normalized spacial score (nSPS) is 19.8. The number of amides is 2. The molecule has 1 fully saturated rings. The molecule has 0 bridgehead atoms. The summed E-state index contributed by atoms with van der Waals surface area (Å²) in [6.45, 7) is 7.65. The number of likely N-dealkylation sites (N-methyl/N-ethyl adjacent to an activating group) is 1. The summed E-state index contributed by atoms with van der Waals surface area (Å²) in [4.78, 5) is 15.8. The number of nitrogens with one attached hydrogen (secondary N) is 1. The number of urea groups is 1. The quantitative estimate of drug-likeness (QED) is 0.824. The van der Waals surface area contributed by atoms with Crippen LogP contribution in [0.3, 0.4) is 0 Å². The third kappa shape index (κ3) is 3.83. The van der Waals surface area contributed by atoms with Crippen LogP contribution in [0.15, 0.2) is 0 Å². The fourth-order valence-electron chi connectivity index (χ4n) is 2.04. The Balaban J connectivity index is 0.00000225. The highest BCUT2D eigenvalue weighted by Crippen LogP contribution is 2.10. The van der Waals surface area contributed by atoms with Gasteiger partial charge in [-0.3, -0.25) is 0 Å². The van der Waals surface area contributed by atoms with Gasteiger partial charge < -0.3 is 15.1 Å². The van der Waals surface area contributed by atoms with E-state index in [2.05, 4.69) is 5.32 Å². The zero-order valence-corrected chi connectivity index (χ0v) is 11.3. The van der Waals surface area contributed by atoms with Gasteiger partial charge in [-0.15, -0.1) is 12.4 Å². The first-order valence-corrected chi connectivity index (χ1v) is 5.93. The van der Waals surface area contributed by atoms with E-state index < -0.39 is 0 Å². The summed E-state index contributed by atoms with van der Waals surface area (Å²) < 4.78 is 0. The summed E-state index contributed by atoms with van der Waals surface area (Å²) in [7, 11) is 1.92. The third-order valence-corrected chi connectivity index (χ3v) is 3.15. The van der Waals surface area contributed by atoms with Gasteiger partial charge in [0.1, 0.15) is 0 Å². The third-order valence-electron chi connectivity index (χ3n) is 3.15. The van der Waals surface area contributed by atoms with Crippen LogP contribution in [-0.2, 0) is 0 Å². The van der Waals surface area contributed by atoms with Crippen molar-refractivity contribution < 1.29 is 4.79 Å². The number of rotatable bonds is 3. The number of carbonyl (C=O) groups excluding carboxylic acids is 1. The largest absolute Gasteiger partial charge is 0.325 e. The van der Waals surface area contributed by atoms with E-state index >= 15 is 0 Å². The van der Waals surface area contributed by atoms with Crippen molar-refractivity contribution >= 4 is 18.4 Å². The predicted molar refractivity (Wildman–Crippen MR) is 69.2 cm³/mol. The zero-order valence-electron chi connectivity index (χ0n) is 10.5. The number of piperidine rings is 1. The van der Waals surface area contributed by atoms with E-state index in [4.69, 9.17) is 0 Å². The smallest absolute Gasteiger partial charge is 0.320 e. The van der Waals surface area contributed by atoms with Crippen LogP contribution in [0.2, 0.25) is 0 Å². The number of nitrogens with zero attached hydrogens (tertiary/aromatic N) is 2. The van der Waals surface area contributed by atoms with Gasteiger partial charge >= 0.3 is 6.03 Å². The van der Waals surface area contributed by atoms with E-state index in [0.29, 0.717) is 6.04 Å². The van der Waals surface area contributed by atoms with Crippen molar-refractivity contribution in [3.8, 4) is 0 Å². The predicted octanol–water partition coefficient (Wildman–Crippen LogP) is 1.55. The van der Waals surface area contributed by atoms with Crippen LogP contribution < -0.4 is 5.32 Å². The van der Waals surface area contributed by atoms with Gasteiger partial charge in [0.25, 0.3) is 0 Å². The molecule has 96 valence electrons. The van der Waals surface area contributed by atoms with Gasteiger partial charge in [-0.2, -0.15) is 0 Å². The van der Waals surface area contributed by atoms with Crippen LogP contribution in [0.5, 0.6) is 0 Å². The Labute approximate surface area is 105 Å². The Morgan fingerprint density at radius 3 is 2.44 bits per heavy atom. The van der Waals surface area contributed by atoms with Crippen molar-refractivity contribution in [3.05, 3.63) is 0 Å². The standard InChI is InChI=1S/C11H23N3O.ClH/c1-4-14(5-2)11(15)13(3)10-7-6-8-12-9-10;/h10,12H,4-9H2,1-3H3;1H/t10-;/m1./s1. The van der Waals surface area contributed by atoms with Gasteiger partial charge in [-0.1, -0.05) is 0 Å². The molecule has 0 spiro atoms. The molecule has 0 aromatic rings. The van der Waals surface area contributed by atoms with E-state index in [1.54, 1.807) is 0 Å². The average Bonchev–Trinajstić information content (AvgIpc) is 2.30. The van der Waals surface area contributed by atoms with Crippen molar-refractivity contribution in [1.82, 2.24) is 15.1 Å². The topological polar surface area (TPSA) is 35.6 Å². The molecule has 16 heavy (non-hydrogen) atoms. The van der Waals surface area contributed by atoms with Crippen molar-refractivity contribution in [2.75, 3.05) is 33.2 Å². The number of hydrogen-bond donors (Lipinski definition) is 1. The summed E-state index contributed by atoms with van der Waals surface area (Å²) in [6.07, 6.45) is 2.29. The van der Waals surface area contributed by atoms with Crippen LogP contribution in [-0.4, -0.2) is 55.1 Å². The molecule has 0 aliphatic carbocycles. The highest BCUT2D eigenvalue weighted by molar-refractivity contribution is 5.85. The van der Waals surface area contributed by atoms with Crippen molar-refractivity contribution in [2.45, 2.75) is 32.7 Å². The molecule has 4 nitrogen and oxygen atoms in total. The molecule has 1 rings (SSSR count). The Hall–Kier alpha value is -0.480. The van der Waals surface area contributed by atoms with Gasteiger partial charge in [-0.05, 0) is 33.2 Å². The Morgan fingerprint density at radius 2 is 2.00 bits per heavy atom. The van der Waals surface area contributed by atoms with E-state index in [9.17, 15) is 4.79 Å². The molecular formula is C11H24ClN3O. The van der Waals surface area contributed by atoms with Gasteiger partial charge in [-0.25, -0.2) is 4.79 Å². The molecule has 0 aromatic carbocycles. The van der Waals surface area contributed by atoms with Gasteiger partial charge in [0.2, 0.25) is 0 Å². The minimum atomic E-state index is 0. The number of halogens is 1. The lowest BCUT2D eigenvalue weighted by atomic mass is 10.1. The minimum absolute atomic E-state index is 0. The Kier molecular flexibility index (Phi) is 7.51. The monoisotopic (exact) mass is 249 g/mol. The van der Waals surface area contributed by atoms with Crippen LogP contribution >= 0.6 is 12.4 Å². The molecule has 1 N–H and O–H groups in total. The lowest BCUT2D eigenvalue weighted by Gasteiger charge is -2.35. The van der Waals surface area contributed by atoms with Crippen LogP contribution in [0, 0.1) is 0 Å². The van der Waals surface area contributed by atoms with E-state index in [0.717, 1.165) is 32.6 Å². The lowest BCUT2D eigenvalue weighted by Crippen LogP contribution is -2.51. The summed E-state index contributed by atoms with van der Waals surface area (Å²) >= 11 is 0. The fourth-order valence-corrected chi connectivity index (χ4v) is 2.04. The second kappa shape index (κ2) is 7.74. The highest BCUT2D eigenvalue weighted by Gasteiger charge is 2.24. The van der Waals surface area contributed by atoms with Crippen LogP contribution in [0.4, 0.5) is 4.79 Å². The second-order valence-corrected chi connectivity index (χ2v) is 4.07. The van der Waals surface area contributed by atoms with Crippen LogP contribution in [0.1, 0.15) is 26.7 Å². The fraction of sp³-hybridized carbons (Fsp3) is 0.909. The van der Waals surface area contributed by atoms with Gasteiger partial charge in [0.15, 0.2) is 0 Å². The molecule has 5 heteroatoms. The summed E-state index contributed by atoms with van der Waals surface area (Å²) in [6, 6.07) is 0.528. The van der Waals surface area contributed by atoms with E-state index in [-0.39, 0.29) is 18.4 Å². The Bertz CT molecular complexity index is 203. The molecule has 1 saturated heterocycles. The van der Waals surface area contributed by atoms with Crippen LogP contribution in [0.25, 0.3) is 0 Å². The van der Waals surface area contributed by atoms with E-state index in [1.807, 2.05) is 30.7 Å². The number of hydrogen-bond acceptors (Lipinski definition) is 2. The molecule has 1 aliphatic heterocycles.